The Kier molecular flexibility index (Phi) is 15.7. The molecule has 1 fully saturated rings. The van der Waals surface area contributed by atoms with Gasteiger partial charge in [-0.05, 0) is 37.7 Å². The molecule has 144 valence electrons. The highest BCUT2D eigenvalue weighted by Gasteiger charge is 2.23. The molecule has 0 radical (unpaired) electrons. The number of nitrogens with zero attached hydrogens (tertiary/aromatic N) is 2. The fourth-order valence-electron chi connectivity index (χ4n) is 2.76. The zero-order chi connectivity index (χ0) is 16.9. The minimum absolute atomic E-state index is 0. The molecule has 1 heterocycles. The van der Waals surface area contributed by atoms with Crippen LogP contribution < -0.4 is 10.6 Å². The first-order valence-corrected chi connectivity index (χ1v) is 10.4. The number of hydrogen-bond acceptors (Lipinski definition) is 4. The predicted octanol–water partition coefficient (Wildman–Crippen LogP) is 2.66. The predicted molar refractivity (Wildman–Crippen MR) is 118 cm³/mol. The molecule has 1 rings (SSSR count). The van der Waals surface area contributed by atoms with Gasteiger partial charge in [0, 0.05) is 32.2 Å². The number of halogens is 1. The monoisotopic (exact) mass is 472 g/mol. The Morgan fingerprint density at radius 1 is 1.21 bits per heavy atom. The number of morpholine rings is 1. The largest absolute Gasteiger partial charge is 0.379 e. The summed E-state index contributed by atoms with van der Waals surface area (Å²) < 4.78 is 5.48. The van der Waals surface area contributed by atoms with Crippen LogP contribution in [0, 0.1) is 5.92 Å². The van der Waals surface area contributed by atoms with E-state index < -0.39 is 0 Å². The van der Waals surface area contributed by atoms with Gasteiger partial charge >= 0.3 is 0 Å². The van der Waals surface area contributed by atoms with Crippen molar-refractivity contribution >= 4 is 41.7 Å². The van der Waals surface area contributed by atoms with Crippen LogP contribution in [0.4, 0.5) is 0 Å². The standard InChI is InChI=1S/C17H36N4OS.HI/c1-5-18-17(19-8-6-7-13-23-4)20-14-16(15(2)3)21-9-11-22-12-10-21;/h15-16H,5-14H2,1-4H3,(H2,18,19,20);1H. The van der Waals surface area contributed by atoms with E-state index in [0.29, 0.717) is 12.0 Å². The minimum Gasteiger partial charge on any atom is -0.379 e. The summed E-state index contributed by atoms with van der Waals surface area (Å²) in [4.78, 5) is 7.36. The molecule has 24 heavy (non-hydrogen) atoms. The van der Waals surface area contributed by atoms with Crippen LogP contribution in [0.5, 0.6) is 0 Å². The van der Waals surface area contributed by atoms with Crippen molar-refractivity contribution in [2.75, 3.05) is 57.9 Å². The number of guanidine groups is 1. The van der Waals surface area contributed by atoms with E-state index in [1.807, 2.05) is 11.8 Å². The summed E-state index contributed by atoms with van der Waals surface area (Å²) in [6, 6.07) is 0.492. The first kappa shape index (κ1) is 24.3. The molecular formula is C17H37IN4OS. The number of aliphatic imine (C=N–C) groups is 1. The van der Waals surface area contributed by atoms with Crippen LogP contribution in [0.3, 0.4) is 0 Å². The van der Waals surface area contributed by atoms with Crippen molar-refractivity contribution in [3.8, 4) is 0 Å². The Bertz CT molecular complexity index is 326. The lowest BCUT2D eigenvalue weighted by Gasteiger charge is -2.36. The highest BCUT2D eigenvalue weighted by atomic mass is 127. The smallest absolute Gasteiger partial charge is 0.191 e. The molecule has 0 aromatic carbocycles. The summed E-state index contributed by atoms with van der Waals surface area (Å²) in [5.74, 6) is 2.79. The number of thioether (sulfide) groups is 1. The molecule has 1 atom stereocenters. The summed E-state index contributed by atoms with van der Waals surface area (Å²) in [6.45, 7) is 13.2. The maximum Gasteiger partial charge on any atom is 0.191 e. The van der Waals surface area contributed by atoms with Gasteiger partial charge in [0.25, 0.3) is 0 Å². The fraction of sp³-hybridized carbons (Fsp3) is 0.941. The van der Waals surface area contributed by atoms with E-state index in [0.717, 1.165) is 51.9 Å². The third-order valence-electron chi connectivity index (χ3n) is 4.13. The van der Waals surface area contributed by atoms with Gasteiger partial charge in [-0.15, -0.1) is 24.0 Å². The summed E-state index contributed by atoms with van der Waals surface area (Å²) in [5, 5.41) is 6.82. The Labute approximate surface area is 170 Å². The molecule has 1 unspecified atom stereocenters. The Morgan fingerprint density at radius 2 is 1.92 bits per heavy atom. The second kappa shape index (κ2) is 15.5. The summed E-state index contributed by atoms with van der Waals surface area (Å²) >= 11 is 1.91. The van der Waals surface area contributed by atoms with Gasteiger partial charge in [-0.2, -0.15) is 11.8 Å². The third-order valence-corrected chi connectivity index (χ3v) is 4.83. The molecule has 0 bridgehead atoms. The van der Waals surface area contributed by atoms with Crippen LogP contribution in [0.2, 0.25) is 0 Å². The van der Waals surface area contributed by atoms with Gasteiger partial charge in [-0.3, -0.25) is 9.89 Å². The van der Waals surface area contributed by atoms with Crippen molar-refractivity contribution in [1.29, 1.82) is 0 Å². The maximum absolute atomic E-state index is 5.48. The topological polar surface area (TPSA) is 48.9 Å². The zero-order valence-corrected chi connectivity index (χ0v) is 19.0. The summed E-state index contributed by atoms with van der Waals surface area (Å²) in [6.07, 6.45) is 4.62. The van der Waals surface area contributed by atoms with E-state index in [-0.39, 0.29) is 24.0 Å². The highest BCUT2D eigenvalue weighted by molar-refractivity contribution is 14.0. The molecular weight excluding hydrogens is 435 g/mol. The molecule has 0 amide bonds. The molecule has 1 aliphatic heterocycles. The lowest BCUT2D eigenvalue weighted by molar-refractivity contribution is 0.00867. The van der Waals surface area contributed by atoms with Crippen molar-refractivity contribution in [1.82, 2.24) is 15.5 Å². The van der Waals surface area contributed by atoms with Gasteiger partial charge in [0.05, 0.1) is 19.8 Å². The van der Waals surface area contributed by atoms with Crippen molar-refractivity contribution in [3.05, 3.63) is 0 Å². The van der Waals surface area contributed by atoms with Gasteiger partial charge in [-0.1, -0.05) is 13.8 Å². The van der Waals surface area contributed by atoms with Crippen LogP contribution in [-0.2, 0) is 4.74 Å². The van der Waals surface area contributed by atoms with Gasteiger partial charge in [0.2, 0.25) is 0 Å². The van der Waals surface area contributed by atoms with Gasteiger partial charge in [-0.25, -0.2) is 0 Å². The molecule has 5 nitrogen and oxygen atoms in total. The summed E-state index contributed by atoms with van der Waals surface area (Å²) in [7, 11) is 0. The number of unbranched alkanes of at least 4 members (excludes halogenated alkanes) is 1. The number of hydrogen-bond donors (Lipinski definition) is 2. The molecule has 0 aromatic heterocycles. The first-order valence-electron chi connectivity index (χ1n) is 9.02. The van der Waals surface area contributed by atoms with Gasteiger partial charge in [0.1, 0.15) is 0 Å². The second-order valence-corrected chi connectivity index (χ2v) is 7.29. The average Bonchev–Trinajstić information content (AvgIpc) is 2.55. The molecule has 0 spiro atoms. The molecule has 2 N–H and O–H groups in total. The van der Waals surface area contributed by atoms with Crippen molar-refractivity contribution in [3.63, 3.8) is 0 Å². The van der Waals surface area contributed by atoms with Crippen molar-refractivity contribution < 1.29 is 4.74 Å². The summed E-state index contributed by atoms with van der Waals surface area (Å²) in [5.41, 5.74) is 0. The van der Waals surface area contributed by atoms with Gasteiger partial charge in [0.15, 0.2) is 5.96 Å². The SMILES string of the molecule is CCNC(=NCC(C(C)C)N1CCOCC1)NCCCCSC.I. The van der Waals surface area contributed by atoms with E-state index in [2.05, 4.69) is 42.6 Å². The number of nitrogens with one attached hydrogen (secondary N) is 2. The quantitative estimate of drug-likeness (QED) is 0.222. The number of ether oxygens (including phenoxy) is 1. The number of rotatable bonds is 10. The fourth-order valence-corrected chi connectivity index (χ4v) is 3.25. The van der Waals surface area contributed by atoms with Crippen molar-refractivity contribution in [2.24, 2.45) is 10.9 Å². The molecule has 0 aromatic rings. The van der Waals surface area contributed by atoms with Crippen LogP contribution in [0.25, 0.3) is 0 Å². The second-order valence-electron chi connectivity index (χ2n) is 6.31. The Hall–Kier alpha value is 0.270. The molecule has 7 heteroatoms. The molecule has 0 saturated carbocycles. The van der Waals surface area contributed by atoms with E-state index >= 15 is 0 Å². The third kappa shape index (κ3) is 10.3. The van der Waals surface area contributed by atoms with Crippen molar-refractivity contribution in [2.45, 2.75) is 39.7 Å². The van der Waals surface area contributed by atoms with E-state index in [1.54, 1.807) is 0 Å². The molecule has 0 aliphatic carbocycles. The Morgan fingerprint density at radius 3 is 2.50 bits per heavy atom. The zero-order valence-electron chi connectivity index (χ0n) is 15.8. The van der Waals surface area contributed by atoms with Crippen LogP contribution in [0.1, 0.15) is 33.6 Å². The van der Waals surface area contributed by atoms with Crippen LogP contribution in [-0.4, -0.2) is 74.8 Å². The van der Waals surface area contributed by atoms with Crippen LogP contribution in [0.15, 0.2) is 4.99 Å². The van der Waals surface area contributed by atoms with E-state index in [9.17, 15) is 0 Å². The lowest BCUT2D eigenvalue weighted by Crippen LogP contribution is -2.48. The Balaban J connectivity index is 0.00000529. The van der Waals surface area contributed by atoms with Crippen LogP contribution >= 0.6 is 35.7 Å². The normalized spacial score (nSPS) is 17.5. The van der Waals surface area contributed by atoms with E-state index in [1.165, 1.54) is 18.6 Å². The lowest BCUT2D eigenvalue weighted by atomic mass is 10.0. The molecule has 1 saturated heterocycles. The minimum atomic E-state index is 0. The maximum atomic E-state index is 5.48. The molecule has 1 aliphatic rings. The van der Waals surface area contributed by atoms with E-state index in [4.69, 9.17) is 9.73 Å². The first-order chi connectivity index (χ1) is 11.2. The highest BCUT2D eigenvalue weighted by Crippen LogP contribution is 2.13. The average molecular weight is 472 g/mol. The van der Waals surface area contributed by atoms with Gasteiger partial charge < -0.3 is 15.4 Å².